The average molecular weight is 342 g/mol. The highest BCUT2D eigenvalue weighted by Gasteiger charge is 2.03. The number of para-hydroxylation sites is 1. The molecule has 0 heterocycles. The SMILES string of the molecule is CCOC(=O)COc1cccc(/C=N\NCc2ccccc2OC)c1. The van der Waals surface area contributed by atoms with Gasteiger partial charge in [0, 0.05) is 5.56 Å². The summed E-state index contributed by atoms with van der Waals surface area (Å²) in [5.74, 6) is 1.02. The van der Waals surface area contributed by atoms with Crippen molar-refractivity contribution in [1.29, 1.82) is 0 Å². The van der Waals surface area contributed by atoms with Gasteiger partial charge in [0.25, 0.3) is 0 Å². The van der Waals surface area contributed by atoms with E-state index < -0.39 is 0 Å². The van der Waals surface area contributed by atoms with E-state index in [9.17, 15) is 4.79 Å². The lowest BCUT2D eigenvalue weighted by atomic mass is 10.2. The molecule has 0 aliphatic heterocycles. The second-order valence-corrected chi connectivity index (χ2v) is 5.07. The summed E-state index contributed by atoms with van der Waals surface area (Å²) in [5, 5.41) is 4.20. The molecule has 0 spiro atoms. The molecule has 25 heavy (non-hydrogen) atoms. The fourth-order valence-corrected chi connectivity index (χ4v) is 2.13. The van der Waals surface area contributed by atoms with Crippen molar-refractivity contribution < 1.29 is 19.0 Å². The van der Waals surface area contributed by atoms with E-state index in [1.165, 1.54) is 0 Å². The molecule has 0 saturated heterocycles. The van der Waals surface area contributed by atoms with Gasteiger partial charge in [-0.1, -0.05) is 30.3 Å². The Hall–Kier alpha value is -3.02. The van der Waals surface area contributed by atoms with Crippen LogP contribution in [-0.2, 0) is 16.1 Å². The van der Waals surface area contributed by atoms with Crippen molar-refractivity contribution in [3.05, 3.63) is 59.7 Å². The summed E-state index contributed by atoms with van der Waals surface area (Å²) in [7, 11) is 1.64. The van der Waals surface area contributed by atoms with Gasteiger partial charge in [-0.05, 0) is 30.7 Å². The number of methoxy groups -OCH3 is 1. The van der Waals surface area contributed by atoms with Crippen LogP contribution < -0.4 is 14.9 Å². The fraction of sp³-hybridized carbons (Fsp3) is 0.263. The van der Waals surface area contributed by atoms with E-state index in [0.29, 0.717) is 18.9 Å². The lowest BCUT2D eigenvalue weighted by Gasteiger charge is -2.07. The second-order valence-electron chi connectivity index (χ2n) is 5.07. The van der Waals surface area contributed by atoms with Crippen LogP contribution in [0.4, 0.5) is 0 Å². The van der Waals surface area contributed by atoms with Crippen LogP contribution in [-0.4, -0.2) is 32.5 Å². The number of hydrazone groups is 1. The van der Waals surface area contributed by atoms with Gasteiger partial charge in [-0.25, -0.2) is 4.79 Å². The van der Waals surface area contributed by atoms with Gasteiger partial charge in [0.2, 0.25) is 0 Å². The van der Waals surface area contributed by atoms with Crippen LogP contribution in [0.1, 0.15) is 18.1 Å². The average Bonchev–Trinajstić information content (AvgIpc) is 2.64. The lowest BCUT2D eigenvalue weighted by Crippen LogP contribution is -2.14. The monoisotopic (exact) mass is 342 g/mol. The first-order valence-corrected chi connectivity index (χ1v) is 7.99. The first-order valence-electron chi connectivity index (χ1n) is 7.99. The number of nitrogens with one attached hydrogen (secondary N) is 1. The Morgan fingerprint density at radius 3 is 2.84 bits per heavy atom. The summed E-state index contributed by atoms with van der Waals surface area (Å²) >= 11 is 0. The predicted molar refractivity (Wildman–Crippen MR) is 96.0 cm³/mol. The van der Waals surface area contributed by atoms with Gasteiger partial charge in [0.15, 0.2) is 6.61 Å². The van der Waals surface area contributed by atoms with Crippen LogP contribution in [0.15, 0.2) is 53.6 Å². The molecule has 0 unspecified atom stereocenters. The van der Waals surface area contributed by atoms with E-state index >= 15 is 0 Å². The van der Waals surface area contributed by atoms with E-state index in [0.717, 1.165) is 16.9 Å². The third-order valence-corrected chi connectivity index (χ3v) is 3.29. The zero-order chi connectivity index (χ0) is 17.9. The summed E-state index contributed by atoms with van der Waals surface area (Å²) in [5.41, 5.74) is 4.86. The normalized spacial score (nSPS) is 10.5. The van der Waals surface area contributed by atoms with Crippen molar-refractivity contribution in [2.24, 2.45) is 5.10 Å². The minimum absolute atomic E-state index is 0.111. The number of carbonyl (C=O) groups is 1. The highest BCUT2D eigenvalue weighted by Crippen LogP contribution is 2.16. The lowest BCUT2D eigenvalue weighted by molar-refractivity contribution is -0.145. The summed E-state index contributed by atoms with van der Waals surface area (Å²) in [4.78, 5) is 11.3. The second kappa shape index (κ2) is 9.97. The van der Waals surface area contributed by atoms with E-state index in [4.69, 9.17) is 14.2 Å². The summed E-state index contributed by atoms with van der Waals surface area (Å²) in [6.07, 6.45) is 1.69. The standard InChI is InChI=1S/C19H22N2O4/c1-3-24-19(22)14-25-17-9-6-7-15(11-17)12-20-21-13-16-8-4-5-10-18(16)23-2/h4-12,21H,3,13-14H2,1-2H3/b20-12-. The fourth-order valence-electron chi connectivity index (χ4n) is 2.13. The minimum atomic E-state index is -0.389. The maximum atomic E-state index is 11.3. The van der Waals surface area contributed by atoms with Crippen LogP contribution in [0.2, 0.25) is 0 Å². The molecule has 2 rings (SSSR count). The zero-order valence-corrected chi connectivity index (χ0v) is 14.4. The van der Waals surface area contributed by atoms with E-state index in [-0.39, 0.29) is 12.6 Å². The molecule has 0 fully saturated rings. The van der Waals surface area contributed by atoms with E-state index in [2.05, 4.69) is 10.5 Å². The highest BCUT2D eigenvalue weighted by atomic mass is 16.6. The number of rotatable bonds is 9. The molecule has 6 nitrogen and oxygen atoms in total. The first-order chi connectivity index (χ1) is 12.2. The minimum Gasteiger partial charge on any atom is -0.496 e. The van der Waals surface area contributed by atoms with Crippen LogP contribution in [0.25, 0.3) is 0 Å². The van der Waals surface area contributed by atoms with Crippen molar-refractivity contribution in [2.75, 3.05) is 20.3 Å². The number of benzene rings is 2. The number of hydrogen-bond acceptors (Lipinski definition) is 6. The smallest absolute Gasteiger partial charge is 0.344 e. The molecule has 1 N–H and O–H groups in total. The molecule has 0 aliphatic carbocycles. The summed E-state index contributed by atoms with van der Waals surface area (Å²) in [6.45, 7) is 2.54. The number of nitrogens with zero attached hydrogens (tertiary/aromatic N) is 1. The largest absolute Gasteiger partial charge is 0.496 e. The van der Waals surface area contributed by atoms with Crippen molar-refractivity contribution in [2.45, 2.75) is 13.5 Å². The number of esters is 1. The molecule has 0 saturated carbocycles. The van der Waals surface area contributed by atoms with Crippen LogP contribution >= 0.6 is 0 Å². The maximum Gasteiger partial charge on any atom is 0.344 e. The van der Waals surface area contributed by atoms with Gasteiger partial charge in [0.05, 0.1) is 26.5 Å². The molecule has 2 aromatic carbocycles. The van der Waals surface area contributed by atoms with Gasteiger partial charge in [-0.2, -0.15) is 5.10 Å². The van der Waals surface area contributed by atoms with Crippen molar-refractivity contribution in [3.63, 3.8) is 0 Å². The molecule has 6 heteroatoms. The molecule has 0 amide bonds. The Balaban J connectivity index is 1.86. The van der Waals surface area contributed by atoms with Crippen molar-refractivity contribution in [1.82, 2.24) is 5.43 Å². The van der Waals surface area contributed by atoms with Crippen LogP contribution in [0.3, 0.4) is 0 Å². The number of ether oxygens (including phenoxy) is 3. The van der Waals surface area contributed by atoms with Crippen molar-refractivity contribution in [3.8, 4) is 11.5 Å². The molecule has 132 valence electrons. The highest BCUT2D eigenvalue weighted by molar-refractivity contribution is 5.80. The molecular weight excluding hydrogens is 320 g/mol. The number of hydrogen-bond donors (Lipinski definition) is 1. The molecule has 0 aromatic heterocycles. The molecule has 2 aromatic rings. The van der Waals surface area contributed by atoms with Crippen LogP contribution in [0, 0.1) is 0 Å². The molecule has 0 radical (unpaired) electrons. The molecule has 0 aliphatic rings. The Kier molecular flexibility index (Phi) is 7.31. The van der Waals surface area contributed by atoms with E-state index in [1.54, 1.807) is 32.4 Å². The third kappa shape index (κ3) is 6.18. The topological polar surface area (TPSA) is 69.2 Å². The Morgan fingerprint density at radius 2 is 2.04 bits per heavy atom. The van der Waals surface area contributed by atoms with E-state index in [1.807, 2.05) is 36.4 Å². The maximum absolute atomic E-state index is 11.3. The Labute approximate surface area is 147 Å². The Morgan fingerprint density at radius 1 is 1.20 bits per heavy atom. The molecular formula is C19H22N2O4. The van der Waals surface area contributed by atoms with Gasteiger partial charge in [-0.15, -0.1) is 0 Å². The molecule has 0 atom stereocenters. The quantitative estimate of drug-likeness (QED) is 0.431. The van der Waals surface area contributed by atoms with Crippen molar-refractivity contribution >= 4 is 12.2 Å². The predicted octanol–water partition coefficient (Wildman–Crippen LogP) is 2.76. The Bertz CT molecular complexity index is 716. The number of carbonyl (C=O) groups excluding carboxylic acids is 1. The third-order valence-electron chi connectivity index (χ3n) is 3.29. The van der Waals surface area contributed by atoms with Gasteiger partial charge >= 0.3 is 5.97 Å². The molecule has 0 bridgehead atoms. The summed E-state index contributed by atoms with van der Waals surface area (Å²) in [6, 6.07) is 15.1. The van der Waals surface area contributed by atoms with Gasteiger partial charge in [-0.3, -0.25) is 0 Å². The first kappa shape index (κ1) is 18.3. The van der Waals surface area contributed by atoms with Crippen LogP contribution in [0.5, 0.6) is 11.5 Å². The van der Waals surface area contributed by atoms with Gasteiger partial charge < -0.3 is 19.6 Å². The summed E-state index contributed by atoms with van der Waals surface area (Å²) < 4.78 is 15.5. The zero-order valence-electron chi connectivity index (χ0n) is 14.4. The van der Waals surface area contributed by atoms with Gasteiger partial charge in [0.1, 0.15) is 11.5 Å².